The molecule has 2 N–H and O–H groups in total. The molecule has 0 spiro atoms. The van der Waals surface area contributed by atoms with Crippen LogP contribution in [0.15, 0.2) is 18.3 Å². The van der Waals surface area contributed by atoms with Crippen LogP contribution in [0, 0.1) is 6.92 Å². The summed E-state index contributed by atoms with van der Waals surface area (Å²) in [6, 6.07) is 3.77. The molecule has 112 valence electrons. The molecule has 4 nitrogen and oxygen atoms in total. The highest BCUT2D eigenvalue weighted by Gasteiger charge is 2.27. The van der Waals surface area contributed by atoms with Gasteiger partial charge in [0.05, 0.1) is 6.42 Å². The number of hydrogen-bond donors (Lipinski definition) is 2. The fourth-order valence-corrected chi connectivity index (χ4v) is 1.45. The normalized spacial score (nSPS) is 11.2. The van der Waals surface area contributed by atoms with Gasteiger partial charge < -0.3 is 10.6 Å². The molecule has 0 aromatic carbocycles. The van der Waals surface area contributed by atoms with Crippen LogP contribution in [0.3, 0.4) is 0 Å². The van der Waals surface area contributed by atoms with Crippen LogP contribution in [0.25, 0.3) is 0 Å². The van der Waals surface area contributed by atoms with Crippen molar-refractivity contribution in [1.29, 1.82) is 0 Å². The second kappa shape index (κ2) is 7.72. The third-order valence-corrected chi connectivity index (χ3v) is 2.53. The number of anilines is 1. The van der Waals surface area contributed by atoms with E-state index in [1.807, 2.05) is 19.1 Å². The van der Waals surface area contributed by atoms with E-state index >= 15 is 0 Å². The average Bonchev–Trinajstić information content (AvgIpc) is 2.37. The Morgan fingerprint density at radius 3 is 2.65 bits per heavy atom. The van der Waals surface area contributed by atoms with E-state index in [0.717, 1.165) is 11.4 Å². The van der Waals surface area contributed by atoms with Gasteiger partial charge in [-0.2, -0.15) is 13.2 Å². The lowest BCUT2D eigenvalue weighted by Gasteiger charge is -2.08. The Balaban J connectivity index is 2.07. The quantitative estimate of drug-likeness (QED) is 0.759. The molecule has 0 unspecified atom stereocenters. The zero-order valence-corrected chi connectivity index (χ0v) is 11.3. The second-order valence-electron chi connectivity index (χ2n) is 4.47. The third-order valence-electron chi connectivity index (χ3n) is 2.53. The molecule has 0 aliphatic rings. The number of rotatable bonds is 7. The van der Waals surface area contributed by atoms with Gasteiger partial charge in [0.1, 0.15) is 5.82 Å². The monoisotopic (exact) mass is 289 g/mol. The Labute approximate surface area is 115 Å². The molecule has 0 aliphatic carbocycles. The smallest absolute Gasteiger partial charge is 0.370 e. The Morgan fingerprint density at radius 2 is 2.05 bits per heavy atom. The summed E-state index contributed by atoms with van der Waals surface area (Å²) in [6.07, 6.45) is -3.52. The van der Waals surface area contributed by atoms with E-state index in [9.17, 15) is 18.0 Å². The molecule has 0 radical (unpaired) electrons. The van der Waals surface area contributed by atoms with Crippen molar-refractivity contribution in [3.63, 3.8) is 0 Å². The molecular weight excluding hydrogens is 271 g/mol. The summed E-state index contributed by atoms with van der Waals surface area (Å²) in [6.45, 7) is 2.87. The maximum absolute atomic E-state index is 11.9. The van der Waals surface area contributed by atoms with Crippen molar-refractivity contribution < 1.29 is 18.0 Å². The molecule has 0 atom stereocenters. The van der Waals surface area contributed by atoms with Crippen molar-refractivity contribution >= 4 is 11.7 Å². The van der Waals surface area contributed by atoms with Crippen LogP contribution in [0.5, 0.6) is 0 Å². The Kier molecular flexibility index (Phi) is 6.27. The Hall–Kier alpha value is -1.79. The number of pyridine rings is 1. The molecule has 7 heteroatoms. The van der Waals surface area contributed by atoms with E-state index in [-0.39, 0.29) is 0 Å². The van der Waals surface area contributed by atoms with Crippen molar-refractivity contribution in [1.82, 2.24) is 10.3 Å². The van der Waals surface area contributed by atoms with Gasteiger partial charge in [-0.05, 0) is 25.0 Å². The maximum atomic E-state index is 11.9. The molecule has 1 heterocycles. The lowest BCUT2D eigenvalue weighted by molar-refractivity contribution is -0.144. The van der Waals surface area contributed by atoms with Gasteiger partial charge in [0.25, 0.3) is 0 Å². The predicted octanol–water partition coefficient (Wildman–Crippen LogP) is 2.65. The van der Waals surface area contributed by atoms with Crippen LogP contribution in [0.2, 0.25) is 0 Å². The number of carbonyl (C=O) groups excluding carboxylic acids is 1. The van der Waals surface area contributed by atoms with Crippen LogP contribution >= 0.6 is 0 Å². The second-order valence-corrected chi connectivity index (χ2v) is 4.47. The maximum Gasteiger partial charge on any atom is 0.389 e. The van der Waals surface area contributed by atoms with Crippen LogP contribution < -0.4 is 10.6 Å². The van der Waals surface area contributed by atoms with Crippen LogP contribution in [-0.4, -0.2) is 30.2 Å². The summed E-state index contributed by atoms with van der Waals surface area (Å²) in [5, 5.41) is 5.51. The largest absolute Gasteiger partial charge is 0.389 e. The van der Waals surface area contributed by atoms with Crippen molar-refractivity contribution in [2.75, 3.05) is 18.4 Å². The van der Waals surface area contributed by atoms with Gasteiger partial charge in [0.2, 0.25) is 5.91 Å². The zero-order chi connectivity index (χ0) is 15.0. The number of carbonyl (C=O) groups is 1. The minimum Gasteiger partial charge on any atom is -0.370 e. The van der Waals surface area contributed by atoms with Gasteiger partial charge in [-0.1, -0.05) is 6.07 Å². The first-order chi connectivity index (χ1) is 9.37. The first kappa shape index (κ1) is 16.3. The van der Waals surface area contributed by atoms with E-state index in [4.69, 9.17) is 0 Å². The zero-order valence-electron chi connectivity index (χ0n) is 11.3. The highest BCUT2D eigenvalue weighted by Crippen LogP contribution is 2.20. The van der Waals surface area contributed by atoms with E-state index in [0.29, 0.717) is 19.5 Å². The number of alkyl halides is 3. The Morgan fingerprint density at radius 1 is 1.30 bits per heavy atom. The molecule has 1 rings (SSSR count). The molecule has 0 bridgehead atoms. The average molecular weight is 289 g/mol. The fourth-order valence-electron chi connectivity index (χ4n) is 1.45. The molecule has 1 amide bonds. The van der Waals surface area contributed by atoms with Crippen molar-refractivity contribution in [2.24, 2.45) is 0 Å². The first-order valence-electron chi connectivity index (χ1n) is 6.37. The summed E-state index contributed by atoms with van der Waals surface area (Å²) in [7, 11) is 0. The highest BCUT2D eigenvalue weighted by molar-refractivity contribution is 5.75. The topological polar surface area (TPSA) is 54.0 Å². The third kappa shape index (κ3) is 7.60. The van der Waals surface area contributed by atoms with E-state index in [2.05, 4.69) is 15.6 Å². The standard InChI is InChI=1S/C13H18F3N3O/c1-10-3-4-11(19-9-10)17-7-2-8-18-12(20)5-6-13(14,15)16/h3-4,9H,2,5-8H2,1H3,(H,17,19)(H,18,20). The molecule has 1 aromatic rings. The molecule has 20 heavy (non-hydrogen) atoms. The lowest BCUT2D eigenvalue weighted by atomic mass is 10.3. The van der Waals surface area contributed by atoms with Crippen LogP contribution in [0.1, 0.15) is 24.8 Å². The minimum atomic E-state index is -4.28. The van der Waals surface area contributed by atoms with Gasteiger partial charge in [-0.3, -0.25) is 4.79 Å². The highest BCUT2D eigenvalue weighted by atomic mass is 19.4. The lowest BCUT2D eigenvalue weighted by Crippen LogP contribution is -2.27. The number of aryl methyl sites for hydroxylation is 1. The van der Waals surface area contributed by atoms with Gasteiger partial charge in [0, 0.05) is 25.7 Å². The van der Waals surface area contributed by atoms with Crippen LogP contribution in [-0.2, 0) is 4.79 Å². The Bertz CT molecular complexity index is 418. The van der Waals surface area contributed by atoms with E-state index in [1.54, 1.807) is 6.20 Å². The molecule has 0 saturated carbocycles. The van der Waals surface area contributed by atoms with Crippen molar-refractivity contribution in [3.8, 4) is 0 Å². The molecule has 0 aliphatic heterocycles. The van der Waals surface area contributed by atoms with E-state index < -0.39 is 24.9 Å². The van der Waals surface area contributed by atoms with Crippen LogP contribution in [0.4, 0.5) is 19.0 Å². The minimum absolute atomic E-state index is 0.343. The van der Waals surface area contributed by atoms with Gasteiger partial charge in [0.15, 0.2) is 0 Å². The van der Waals surface area contributed by atoms with Gasteiger partial charge in [-0.25, -0.2) is 4.98 Å². The predicted molar refractivity (Wildman–Crippen MR) is 70.4 cm³/mol. The first-order valence-corrected chi connectivity index (χ1v) is 6.37. The SMILES string of the molecule is Cc1ccc(NCCCNC(=O)CCC(F)(F)F)nc1. The number of amides is 1. The summed E-state index contributed by atoms with van der Waals surface area (Å²) in [5.74, 6) is 0.162. The van der Waals surface area contributed by atoms with E-state index in [1.165, 1.54) is 0 Å². The van der Waals surface area contributed by atoms with Gasteiger partial charge in [-0.15, -0.1) is 0 Å². The number of nitrogens with zero attached hydrogens (tertiary/aromatic N) is 1. The molecule has 0 fully saturated rings. The summed E-state index contributed by atoms with van der Waals surface area (Å²) in [5.41, 5.74) is 1.06. The van der Waals surface area contributed by atoms with Gasteiger partial charge >= 0.3 is 6.18 Å². The van der Waals surface area contributed by atoms with Crippen molar-refractivity contribution in [3.05, 3.63) is 23.9 Å². The number of nitrogens with one attached hydrogen (secondary N) is 2. The number of halogens is 3. The number of hydrogen-bond acceptors (Lipinski definition) is 3. The summed E-state index contributed by atoms with van der Waals surface area (Å²) in [4.78, 5) is 15.3. The van der Waals surface area contributed by atoms with Crippen molar-refractivity contribution in [2.45, 2.75) is 32.4 Å². The fraction of sp³-hybridized carbons (Fsp3) is 0.538. The number of aromatic nitrogens is 1. The summed E-state index contributed by atoms with van der Waals surface area (Å²) < 4.78 is 35.6. The summed E-state index contributed by atoms with van der Waals surface area (Å²) >= 11 is 0. The molecule has 0 saturated heterocycles. The molecular formula is C13H18F3N3O. The molecule has 1 aromatic heterocycles.